The van der Waals surface area contributed by atoms with E-state index in [-0.39, 0.29) is 5.56 Å². The highest BCUT2D eigenvalue weighted by atomic mass is 16.7. The summed E-state index contributed by atoms with van der Waals surface area (Å²) >= 11 is 0. The van der Waals surface area contributed by atoms with Crippen LogP contribution in [0.3, 0.4) is 0 Å². The molecule has 0 radical (unpaired) electrons. The molecule has 2 aromatic carbocycles. The van der Waals surface area contributed by atoms with Crippen LogP contribution >= 0.6 is 0 Å². The number of rotatable bonds is 3. The summed E-state index contributed by atoms with van der Waals surface area (Å²) in [5, 5.41) is 8.44. The van der Waals surface area contributed by atoms with Gasteiger partial charge < -0.3 is 9.84 Å². The van der Waals surface area contributed by atoms with Crippen molar-refractivity contribution >= 4 is 23.3 Å². The summed E-state index contributed by atoms with van der Waals surface area (Å²) in [6.07, 6.45) is -1.61. The van der Waals surface area contributed by atoms with Gasteiger partial charge in [-0.1, -0.05) is 42.5 Å². The lowest BCUT2D eigenvalue weighted by Gasteiger charge is -2.09. The molecule has 0 bridgehead atoms. The fraction of sp³-hybridized carbons (Fsp3) is 0.111. The van der Waals surface area contributed by atoms with Crippen LogP contribution in [0.1, 0.15) is 35.3 Å². The zero-order valence-electron chi connectivity index (χ0n) is 12.4. The van der Waals surface area contributed by atoms with Crippen LogP contribution in [-0.4, -0.2) is 17.2 Å². The topological polar surface area (TPSA) is 63.6 Å². The van der Waals surface area contributed by atoms with Gasteiger partial charge in [0.1, 0.15) is 0 Å². The van der Waals surface area contributed by atoms with E-state index in [0.29, 0.717) is 0 Å². The first-order valence-electron chi connectivity index (χ1n) is 6.77. The van der Waals surface area contributed by atoms with Gasteiger partial charge in [0.15, 0.2) is 0 Å². The lowest BCUT2D eigenvalue weighted by Crippen LogP contribution is -2.09. The molecule has 0 unspecified atom stereocenters. The van der Waals surface area contributed by atoms with Gasteiger partial charge in [-0.15, -0.1) is 0 Å². The van der Waals surface area contributed by atoms with Gasteiger partial charge in [0.25, 0.3) is 0 Å². The molecule has 0 spiro atoms. The van der Waals surface area contributed by atoms with Gasteiger partial charge in [0, 0.05) is 0 Å². The first kappa shape index (κ1) is 15.5. The highest BCUT2D eigenvalue weighted by Crippen LogP contribution is 2.25. The third-order valence-electron chi connectivity index (χ3n) is 3.50. The third-order valence-corrected chi connectivity index (χ3v) is 3.50. The molecule has 2 rings (SSSR count). The first-order valence-corrected chi connectivity index (χ1v) is 6.77. The summed E-state index contributed by atoms with van der Waals surface area (Å²) in [6.45, 7) is 4.05. The number of ether oxygens (including phenoxy) is 1. The number of carbonyl (C=O) groups excluding carboxylic acids is 1. The van der Waals surface area contributed by atoms with Gasteiger partial charge >= 0.3 is 12.1 Å². The lowest BCUT2D eigenvalue weighted by molar-refractivity contribution is 0.0509. The average Bonchev–Trinajstić information content (AvgIpc) is 2.54. The zero-order chi connectivity index (χ0) is 16.1. The van der Waals surface area contributed by atoms with Crippen LogP contribution in [-0.2, 0) is 4.74 Å². The lowest BCUT2D eigenvalue weighted by atomic mass is 9.96. The van der Waals surface area contributed by atoms with Crippen LogP contribution in [0.15, 0.2) is 54.6 Å². The van der Waals surface area contributed by atoms with Crippen molar-refractivity contribution in [2.45, 2.75) is 13.8 Å². The molecule has 0 amide bonds. The van der Waals surface area contributed by atoms with Crippen LogP contribution in [0.25, 0.3) is 11.1 Å². The molecule has 22 heavy (non-hydrogen) atoms. The van der Waals surface area contributed by atoms with Gasteiger partial charge in [-0.2, -0.15) is 0 Å². The standard InChI is InChI=1S/C18H16O4/c1-12(14-6-4-3-5-7-14)13(2)15-8-10-16(11-9-15)17(19)22-18(20)21/h3-11H,1-2H3,(H,20,21). The number of allylic oxidation sites excluding steroid dienone is 2. The summed E-state index contributed by atoms with van der Waals surface area (Å²) in [6, 6.07) is 16.7. The fourth-order valence-electron chi connectivity index (χ4n) is 2.12. The largest absolute Gasteiger partial charge is 0.513 e. The van der Waals surface area contributed by atoms with Gasteiger partial charge in [-0.25, -0.2) is 9.59 Å². The minimum atomic E-state index is -1.61. The van der Waals surface area contributed by atoms with Gasteiger partial charge in [0.05, 0.1) is 5.56 Å². The summed E-state index contributed by atoms with van der Waals surface area (Å²) < 4.78 is 4.12. The molecule has 4 heteroatoms. The maximum Gasteiger partial charge on any atom is 0.513 e. The Morgan fingerprint density at radius 3 is 1.73 bits per heavy atom. The Morgan fingerprint density at radius 1 is 0.773 bits per heavy atom. The quantitative estimate of drug-likeness (QED) is 0.515. The Balaban J connectivity index is 2.27. The van der Waals surface area contributed by atoms with Crippen molar-refractivity contribution in [3.63, 3.8) is 0 Å². The Labute approximate surface area is 128 Å². The van der Waals surface area contributed by atoms with Crippen molar-refractivity contribution in [3.05, 3.63) is 71.3 Å². The SMILES string of the molecule is CC(=C(C)c1ccc(C(=O)OC(=O)O)cc1)c1ccccc1. The summed E-state index contributed by atoms with van der Waals surface area (Å²) in [5.74, 6) is -0.875. The zero-order valence-corrected chi connectivity index (χ0v) is 12.4. The maximum absolute atomic E-state index is 11.5. The smallest absolute Gasteiger partial charge is 0.449 e. The minimum Gasteiger partial charge on any atom is -0.449 e. The number of carbonyl (C=O) groups is 2. The molecule has 0 heterocycles. The van der Waals surface area contributed by atoms with Crippen LogP contribution in [0.4, 0.5) is 4.79 Å². The van der Waals surface area contributed by atoms with E-state index in [2.05, 4.69) is 4.74 Å². The normalized spacial score (nSPS) is 11.5. The predicted molar refractivity (Wildman–Crippen MR) is 84.5 cm³/mol. The molecule has 4 nitrogen and oxygen atoms in total. The molecule has 0 saturated heterocycles. The molecule has 0 aromatic heterocycles. The van der Waals surface area contributed by atoms with E-state index in [1.807, 2.05) is 44.2 Å². The molecule has 0 aliphatic heterocycles. The average molecular weight is 296 g/mol. The van der Waals surface area contributed by atoms with E-state index >= 15 is 0 Å². The number of benzene rings is 2. The summed E-state index contributed by atoms with van der Waals surface area (Å²) in [7, 11) is 0. The van der Waals surface area contributed by atoms with Gasteiger partial charge in [-0.3, -0.25) is 0 Å². The Bertz CT molecular complexity index is 713. The van der Waals surface area contributed by atoms with Crippen molar-refractivity contribution in [1.29, 1.82) is 0 Å². The van der Waals surface area contributed by atoms with E-state index in [1.165, 1.54) is 0 Å². The molecule has 112 valence electrons. The molecular weight excluding hydrogens is 280 g/mol. The van der Waals surface area contributed by atoms with Gasteiger partial charge in [-0.05, 0) is 48.3 Å². The van der Waals surface area contributed by atoms with E-state index in [9.17, 15) is 9.59 Å². The highest BCUT2D eigenvalue weighted by molar-refractivity contribution is 5.95. The second kappa shape index (κ2) is 6.72. The monoisotopic (exact) mass is 296 g/mol. The maximum atomic E-state index is 11.5. The van der Waals surface area contributed by atoms with Crippen molar-refractivity contribution in [1.82, 2.24) is 0 Å². The van der Waals surface area contributed by atoms with Crippen molar-refractivity contribution in [3.8, 4) is 0 Å². The molecule has 0 aliphatic rings. The van der Waals surface area contributed by atoms with Gasteiger partial charge in [0.2, 0.25) is 0 Å². The minimum absolute atomic E-state index is 0.205. The summed E-state index contributed by atoms with van der Waals surface area (Å²) in [4.78, 5) is 21.8. The number of esters is 1. The fourth-order valence-corrected chi connectivity index (χ4v) is 2.12. The molecule has 2 aromatic rings. The second-order valence-corrected chi connectivity index (χ2v) is 4.85. The predicted octanol–water partition coefficient (Wildman–Crippen LogP) is 4.47. The van der Waals surface area contributed by atoms with Crippen molar-refractivity contribution in [2.75, 3.05) is 0 Å². The van der Waals surface area contributed by atoms with Crippen molar-refractivity contribution < 1.29 is 19.4 Å². The molecular formula is C18H16O4. The number of carboxylic acid groups (broad SMARTS) is 1. The molecule has 0 fully saturated rings. The Morgan fingerprint density at radius 2 is 1.23 bits per heavy atom. The number of hydrogen-bond acceptors (Lipinski definition) is 3. The van der Waals surface area contributed by atoms with E-state index in [0.717, 1.165) is 22.3 Å². The molecule has 0 aliphatic carbocycles. The van der Waals surface area contributed by atoms with Crippen LogP contribution in [0.5, 0.6) is 0 Å². The first-order chi connectivity index (χ1) is 10.5. The number of hydrogen-bond donors (Lipinski definition) is 1. The second-order valence-electron chi connectivity index (χ2n) is 4.85. The van der Waals surface area contributed by atoms with Crippen LogP contribution < -0.4 is 0 Å². The Hall–Kier alpha value is -2.88. The molecule has 0 saturated carbocycles. The van der Waals surface area contributed by atoms with E-state index in [1.54, 1.807) is 24.3 Å². The van der Waals surface area contributed by atoms with Crippen LogP contribution in [0.2, 0.25) is 0 Å². The summed E-state index contributed by atoms with van der Waals surface area (Å²) in [5.41, 5.74) is 4.53. The molecule has 1 N–H and O–H groups in total. The van der Waals surface area contributed by atoms with E-state index in [4.69, 9.17) is 5.11 Å². The third kappa shape index (κ3) is 3.61. The van der Waals surface area contributed by atoms with Crippen molar-refractivity contribution in [2.24, 2.45) is 0 Å². The molecule has 0 atom stereocenters. The highest BCUT2D eigenvalue weighted by Gasteiger charge is 2.11. The van der Waals surface area contributed by atoms with Crippen LogP contribution in [0, 0.1) is 0 Å². The van der Waals surface area contributed by atoms with E-state index < -0.39 is 12.1 Å². The Kier molecular flexibility index (Phi) is 4.73.